The van der Waals surface area contributed by atoms with Gasteiger partial charge >= 0.3 is 0 Å². The van der Waals surface area contributed by atoms with Gasteiger partial charge in [-0.05, 0) is 37.0 Å². The van der Waals surface area contributed by atoms with Crippen LogP contribution in [0, 0.1) is 5.92 Å². The molecule has 1 aliphatic carbocycles. The lowest BCUT2D eigenvalue weighted by atomic mass is 10.1. The van der Waals surface area contributed by atoms with Crippen molar-refractivity contribution in [3.63, 3.8) is 0 Å². The Hall–Kier alpha value is -1.84. The molecule has 0 radical (unpaired) electrons. The number of rotatable bonds is 3. The van der Waals surface area contributed by atoms with Crippen LogP contribution < -0.4 is 10.6 Å². The van der Waals surface area contributed by atoms with Gasteiger partial charge < -0.3 is 5.32 Å². The number of carbonyl (C=O) groups excluding carboxylic acids is 2. The fourth-order valence-electron chi connectivity index (χ4n) is 2.75. The molecule has 0 atom stereocenters. The molecule has 1 aromatic rings. The van der Waals surface area contributed by atoms with E-state index in [1.165, 1.54) is 25.7 Å². The van der Waals surface area contributed by atoms with Crippen LogP contribution in [0.25, 0.3) is 0 Å². The van der Waals surface area contributed by atoms with Gasteiger partial charge in [0.15, 0.2) is 0 Å². The van der Waals surface area contributed by atoms with Crippen molar-refractivity contribution in [1.29, 1.82) is 0 Å². The van der Waals surface area contributed by atoms with Crippen LogP contribution in [0.5, 0.6) is 0 Å². The average molecular weight is 244 g/mol. The van der Waals surface area contributed by atoms with Crippen molar-refractivity contribution >= 4 is 17.5 Å². The maximum absolute atomic E-state index is 11.5. The highest BCUT2D eigenvalue weighted by atomic mass is 16.2. The number of hydrogen-bond donors (Lipinski definition) is 2. The highest BCUT2D eigenvalue weighted by Crippen LogP contribution is 2.26. The van der Waals surface area contributed by atoms with Crippen molar-refractivity contribution < 1.29 is 9.59 Å². The highest BCUT2D eigenvalue weighted by Gasteiger charge is 2.26. The van der Waals surface area contributed by atoms with Gasteiger partial charge in [0.2, 0.25) is 0 Å². The van der Waals surface area contributed by atoms with Crippen LogP contribution in [0.4, 0.5) is 5.69 Å². The summed E-state index contributed by atoms with van der Waals surface area (Å²) >= 11 is 0. The zero-order valence-corrected chi connectivity index (χ0v) is 10.2. The fourth-order valence-corrected chi connectivity index (χ4v) is 2.75. The van der Waals surface area contributed by atoms with Gasteiger partial charge in [-0.1, -0.05) is 12.8 Å². The Labute approximate surface area is 106 Å². The normalized spacial score (nSPS) is 18.9. The molecular formula is C14H16N2O2. The smallest absolute Gasteiger partial charge is 0.259 e. The van der Waals surface area contributed by atoms with Crippen LogP contribution >= 0.6 is 0 Å². The minimum atomic E-state index is -0.294. The quantitative estimate of drug-likeness (QED) is 0.801. The maximum atomic E-state index is 11.5. The molecule has 0 spiro atoms. The average Bonchev–Trinajstić information content (AvgIpc) is 2.97. The van der Waals surface area contributed by atoms with Crippen LogP contribution in [-0.2, 0) is 0 Å². The minimum absolute atomic E-state index is 0.292. The maximum Gasteiger partial charge on any atom is 0.259 e. The van der Waals surface area contributed by atoms with Crippen LogP contribution in [0.15, 0.2) is 18.2 Å². The van der Waals surface area contributed by atoms with E-state index >= 15 is 0 Å². The molecule has 0 unspecified atom stereocenters. The standard InChI is InChI=1S/C14H16N2O2/c17-13-11-6-5-10(7-12(11)14(18)16-13)15-8-9-3-1-2-4-9/h5-7,9,15H,1-4,8H2,(H,16,17,18). The van der Waals surface area contributed by atoms with Gasteiger partial charge in [0.25, 0.3) is 11.8 Å². The molecule has 1 fully saturated rings. The molecule has 0 bridgehead atoms. The summed E-state index contributed by atoms with van der Waals surface area (Å²) in [4.78, 5) is 22.9. The van der Waals surface area contributed by atoms with Crippen molar-refractivity contribution in [2.24, 2.45) is 5.92 Å². The molecule has 2 N–H and O–H groups in total. The van der Waals surface area contributed by atoms with Gasteiger partial charge in [0.05, 0.1) is 11.1 Å². The van der Waals surface area contributed by atoms with Crippen molar-refractivity contribution in [2.45, 2.75) is 25.7 Å². The Bertz CT molecular complexity index is 505. The number of imide groups is 1. The predicted octanol–water partition coefficient (Wildman–Crippen LogP) is 2.17. The number of amides is 2. The van der Waals surface area contributed by atoms with Gasteiger partial charge in [-0.2, -0.15) is 0 Å². The number of benzene rings is 1. The summed E-state index contributed by atoms with van der Waals surface area (Å²) in [6, 6.07) is 5.35. The summed E-state index contributed by atoms with van der Waals surface area (Å²) in [6.07, 6.45) is 5.23. The van der Waals surface area contributed by atoms with Crippen molar-refractivity contribution in [1.82, 2.24) is 5.32 Å². The highest BCUT2D eigenvalue weighted by molar-refractivity contribution is 6.21. The van der Waals surface area contributed by atoms with Gasteiger partial charge in [-0.3, -0.25) is 14.9 Å². The third-order valence-electron chi connectivity index (χ3n) is 3.81. The van der Waals surface area contributed by atoms with Crippen LogP contribution in [0.1, 0.15) is 46.4 Å². The van der Waals surface area contributed by atoms with E-state index in [4.69, 9.17) is 0 Å². The van der Waals surface area contributed by atoms with Gasteiger partial charge in [0, 0.05) is 12.2 Å². The second-order valence-corrected chi connectivity index (χ2v) is 5.07. The number of nitrogens with one attached hydrogen (secondary N) is 2. The summed E-state index contributed by atoms with van der Waals surface area (Å²) in [5.74, 6) is 0.158. The molecule has 4 heteroatoms. The molecule has 18 heavy (non-hydrogen) atoms. The van der Waals surface area contributed by atoms with Crippen LogP contribution in [-0.4, -0.2) is 18.4 Å². The summed E-state index contributed by atoms with van der Waals surface area (Å²) in [5, 5.41) is 5.66. The molecule has 0 saturated heterocycles. The number of hydrogen-bond acceptors (Lipinski definition) is 3. The Morgan fingerprint density at radius 1 is 1.11 bits per heavy atom. The van der Waals surface area contributed by atoms with Crippen molar-refractivity contribution in [3.8, 4) is 0 Å². The van der Waals surface area contributed by atoms with Gasteiger partial charge in [-0.25, -0.2) is 0 Å². The third kappa shape index (κ3) is 1.98. The fraction of sp³-hybridized carbons (Fsp3) is 0.429. The first-order chi connectivity index (χ1) is 8.74. The summed E-state index contributed by atoms with van der Waals surface area (Å²) in [6.45, 7) is 0.953. The summed E-state index contributed by atoms with van der Waals surface area (Å²) < 4.78 is 0. The van der Waals surface area contributed by atoms with E-state index in [2.05, 4.69) is 10.6 Å². The van der Waals surface area contributed by atoms with E-state index < -0.39 is 0 Å². The largest absolute Gasteiger partial charge is 0.385 e. The number of fused-ring (bicyclic) bond motifs is 1. The SMILES string of the molecule is O=C1NC(=O)c2cc(NCC3CCCC3)ccc21. The molecule has 2 aliphatic rings. The zero-order chi connectivity index (χ0) is 12.5. The van der Waals surface area contributed by atoms with E-state index in [0.717, 1.165) is 18.2 Å². The lowest BCUT2D eigenvalue weighted by Crippen LogP contribution is -2.19. The summed E-state index contributed by atoms with van der Waals surface area (Å²) in [5.41, 5.74) is 1.88. The molecule has 1 aromatic carbocycles. The van der Waals surface area contributed by atoms with E-state index in [1.54, 1.807) is 12.1 Å². The Morgan fingerprint density at radius 2 is 1.83 bits per heavy atom. The predicted molar refractivity (Wildman–Crippen MR) is 68.7 cm³/mol. The Morgan fingerprint density at radius 3 is 2.61 bits per heavy atom. The second kappa shape index (κ2) is 4.44. The zero-order valence-electron chi connectivity index (χ0n) is 10.2. The monoisotopic (exact) mass is 244 g/mol. The van der Waals surface area contributed by atoms with E-state index in [-0.39, 0.29) is 11.8 Å². The van der Waals surface area contributed by atoms with Crippen LogP contribution in [0.3, 0.4) is 0 Å². The van der Waals surface area contributed by atoms with E-state index in [1.807, 2.05) is 6.07 Å². The first kappa shape index (κ1) is 11.3. The third-order valence-corrected chi connectivity index (χ3v) is 3.81. The lowest BCUT2D eigenvalue weighted by Gasteiger charge is -2.12. The van der Waals surface area contributed by atoms with Crippen molar-refractivity contribution in [2.75, 3.05) is 11.9 Å². The van der Waals surface area contributed by atoms with Gasteiger partial charge in [-0.15, -0.1) is 0 Å². The topological polar surface area (TPSA) is 58.2 Å². The second-order valence-electron chi connectivity index (χ2n) is 5.07. The number of anilines is 1. The van der Waals surface area contributed by atoms with Crippen LogP contribution in [0.2, 0.25) is 0 Å². The first-order valence-electron chi connectivity index (χ1n) is 6.47. The molecule has 1 heterocycles. The van der Waals surface area contributed by atoms with E-state index in [0.29, 0.717) is 11.1 Å². The minimum Gasteiger partial charge on any atom is -0.385 e. The lowest BCUT2D eigenvalue weighted by molar-refractivity contribution is 0.0879. The molecule has 3 rings (SSSR count). The molecule has 0 aromatic heterocycles. The Kier molecular flexibility index (Phi) is 2.78. The number of carbonyl (C=O) groups is 2. The molecule has 2 amide bonds. The van der Waals surface area contributed by atoms with Gasteiger partial charge in [0.1, 0.15) is 0 Å². The molecule has 4 nitrogen and oxygen atoms in total. The summed E-state index contributed by atoms with van der Waals surface area (Å²) in [7, 11) is 0. The van der Waals surface area contributed by atoms with E-state index in [9.17, 15) is 9.59 Å². The molecule has 1 saturated carbocycles. The van der Waals surface area contributed by atoms with Crippen molar-refractivity contribution in [3.05, 3.63) is 29.3 Å². The first-order valence-corrected chi connectivity index (χ1v) is 6.47. The Balaban J connectivity index is 1.72. The molecular weight excluding hydrogens is 228 g/mol. The molecule has 1 aliphatic heterocycles. The molecule has 94 valence electrons.